The molecule has 7 heteroatoms. The molecule has 0 bridgehead atoms. The lowest BCUT2D eigenvalue weighted by Crippen LogP contribution is -2.58. The van der Waals surface area contributed by atoms with Gasteiger partial charge in [-0.15, -0.1) is 0 Å². The van der Waals surface area contributed by atoms with E-state index in [1.54, 1.807) is 11.8 Å². The first-order valence-corrected chi connectivity index (χ1v) is 9.01. The minimum absolute atomic E-state index is 0.00659. The average Bonchev–Trinajstić information content (AvgIpc) is 2.50. The lowest BCUT2D eigenvalue weighted by atomic mass is 10.1. The summed E-state index contributed by atoms with van der Waals surface area (Å²) in [7, 11) is 0. The second kappa shape index (κ2) is 9.01. The second-order valence-electron chi connectivity index (χ2n) is 6.78. The number of hydrogen-bond acceptors (Lipinski definition) is 4. The van der Waals surface area contributed by atoms with Gasteiger partial charge in [-0.2, -0.15) is 0 Å². The number of amides is 2. The largest absolute Gasteiger partial charge is 0.480 e. The van der Waals surface area contributed by atoms with Gasteiger partial charge in [-0.05, 0) is 32.9 Å². The lowest BCUT2D eigenvalue weighted by molar-refractivity contribution is -0.154. The number of nitrogens with zero attached hydrogens (tertiary/aromatic N) is 3. The van der Waals surface area contributed by atoms with Crippen molar-refractivity contribution >= 4 is 17.8 Å². The van der Waals surface area contributed by atoms with E-state index in [4.69, 9.17) is 5.11 Å². The summed E-state index contributed by atoms with van der Waals surface area (Å²) in [5.74, 6) is -1.30. The molecule has 2 rings (SSSR count). The van der Waals surface area contributed by atoms with E-state index in [1.165, 1.54) is 37.0 Å². The molecule has 0 aromatic carbocycles. The van der Waals surface area contributed by atoms with Crippen molar-refractivity contribution in [1.29, 1.82) is 0 Å². The molecule has 0 radical (unpaired) electrons. The summed E-state index contributed by atoms with van der Waals surface area (Å²) in [5, 5.41) is 8.84. The number of aliphatic carboxylic acids is 1. The molecule has 136 valence electrons. The van der Waals surface area contributed by atoms with Gasteiger partial charge in [0.2, 0.25) is 11.8 Å². The van der Waals surface area contributed by atoms with Crippen molar-refractivity contribution in [2.24, 2.45) is 0 Å². The highest BCUT2D eigenvalue weighted by Crippen LogP contribution is 2.14. The van der Waals surface area contributed by atoms with Crippen LogP contribution < -0.4 is 0 Å². The van der Waals surface area contributed by atoms with Crippen molar-refractivity contribution in [3.8, 4) is 0 Å². The van der Waals surface area contributed by atoms with Crippen molar-refractivity contribution < 1.29 is 19.5 Å². The molecule has 1 atom stereocenters. The number of hydrogen-bond donors (Lipinski definition) is 1. The Morgan fingerprint density at radius 1 is 1.04 bits per heavy atom. The Morgan fingerprint density at radius 2 is 1.67 bits per heavy atom. The number of carbonyl (C=O) groups excluding carboxylic acids is 2. The molecule has 1 N–H and O–H groups in total. The topological polar surface area (TPSA) is 81.2 Å². The van der Waals surface area contributed by atoms with Gasteiger partial charge >= 0.3 is 5.97 Å². The van der Waals surface area contributed by atoms with E-state index in [-0.39, 0.29) is 18.4 Å². The number of carbonyl (C=O) groups is 3. The van der Waals surface area contributed by atoms with Gasteiger partial charge in [0.25, 0.3) is 0 Å². The highest BCUT2D eigenvalue weighted by atomic mass is 16.4. The van der Waals surface area contributed by atoms with Gasteiger partial charge in [0.1, 0.15) is 12.6 Å². The van der Waals surface area contributed by atoms with Gasteiger partial charge in [-0.1, -0.05) is 19.3 Å². The Labute approximate surface area is 143 Å². The SMILES string of the molecule is C[C@H]1C(=O)N(CC(=O)O)CCN1C(=O)CCN1CCCCCCC1. The molecule has 24 heavy (non-hydrogen) atoms. The maximum absolute atomic E-state index is 12.5. The van der Waals surface area contributed by atoms with Crippen LogP contribution in [0, 0.1) is 0 Å². The fourth-order valence-electron chi connectivity index (χ4n) is 3.52. The number of rotatable bonds is 5. The molecule has 2 fully saturated rings. The average molecular weight is 339 g/mol. The van der Waals surface area contributed by atoms with Gasteiger partial charge in [0, 0.05) is 26.1 Å². The molecule has 2 saturated heterocycles. The summed E-state index contributed by atoms with van der Waals surface area (Å²) < 4.78 is 0. The molecule has 0 aliphatic carbocycles. The number of carboxylic acid groups (broad SMARTS) is 1. The molecule has 2 heterocycles. The van der Waals surface area contributed by atoms with Crippen molar-refractivity contribution in [3.63, 3.8) is 0 Å². The van der Waals surface area contributed by atoms with Crippen LogP contribution in [0.5, 0.6) is 0 Å². The van der Waals surface area contributed by atoms with Crippen molar-refractivity contribution in [3.05, 3.63) is 0 Å². The highest BCUT2D eigenvalue weighted by Gasteiger charge is 2.34. The van der Waals surface area contributed by atoms with Crippen LogP contribution in [-0.2, 0) is 14.4 Å². The van der Waals surface area contributed by atoms with Crippen LogP contribution in [0.4, 0.5) is 0 Å². The van der Waals surface area contributed by atoms with Gasteiger partial charge in [-0.25, -0.2) is 0 Å². The first-order chi connectivity index (χ1) is 11.5. The van der Waals surface area contributed by atoms with E-state index in [0.717, 1.165) is 19.6 Å². The van der Waals surface area contributed by atoms with E-state index in [2.05, 4.69) is 4.90 Å². The van der Waals surface area contributed by atoms with Crippen molar-refractivity contribution in [1.82, 2.24) is 14.7 Å². The van der Waals surface area contributed by atoms with Gasteiger partial charge in [0.15, 0.2) is 0 Å². The lowest BCUT2D eigenvalue weighted by Gasteiger charge is -2.38. The summed E-state index contributed by atoms with van der Waals surface area (Å²) in [4.78, 5) is 40.8. The van der Waals surface area contributed by atoms with E-state index < -0.39 is 12.0 Å². The molecule has 0 aromatic rings. The van der Waals surface area contributed by atoms with E-state index in [0.29, 0.717) is 19.5 Å². The summed E-state index contributed by atoms with van der Waals surface area (Å²) in [6, 6.07) is -0.571. The molecule has 7 nitrogen and oxygen atoms in total. The van der Waals surface area contributed by atoms with Crippen molar-refractivity contribution in [2.75, 3.05) is 39.3 Å². The molecule has 2 aliphatic rings. The summed E-state index contributed by atoms with van der Waals surface area (Å²) >= 11 is 0. The fourth-order valence-corrected chi connectivity index (χ4v) is 3.52. The molecule has 0 unspecified atom stereocenters. The molecule has 2 amide bonds. The first-order valence-electron chi connectivity index (χ1n) is 9.01. The number of likely N-dealkylation sites (tertiary alicyclic amines) is 1. The molecular formula is C17H29N3O4. The Bertz CT molecular complexity index is 461. The maximum Gasteiger partial charge on any atom is 0.323 e. The maximum atomic E-state index is 12.5. The zero-order valence-electron chi connectivity index (χ0n) is 14.6. The Kier molecular flexibility index (Phi) is 7.02. The third kappa shape index (κ3) is 5.19. The smallest absolute Gasteiger partial charge is 0.323 e. The summed E-state index contributed by atoms with van der Waals surface area (Å²) in [5.41, 5.74) is 0. The molecule has 0 saturated carbocycles. The summed E-state index contributed by atoms with van der Waals surface area (Å²) in [6.07, 6.45) is 6.65. The second-order valence-corrected chi connectivity index (χ2v) is 6.78. The Hall–Kier alpha value is -1.63. The van der Waals surface area contributed by atoms with Gasteiger partial charge in [0.05, 0.1) is 0 Å². The molecule has 0 spiro atoms. The van der Waals surface area contributed by atoms with Crippen LogP contribution in [0.15, 0.2) is 0 Å². The fraction of sp³-hybridized carbons (Fsp3) is 0.824. The van der Waals surface area contributed by atoms with E-state index in [9.17, 15) is 14.4 Å². The van der Waals surface area contributed by atoms with Gasteiger partial charge in [-0.3, -0.25) is 14.4 Å². The predicted molar refractivity (Wildman–Crippen MR) is 89.5 cm³/mol. The normalized spacial score (nSPS) is 23.7. The predicted octanol–water partition coefficient (Wildman–Crippen LogP) is 0.787. The Balaban J connectivity index is 1.81. The minimum Gasteiger partial charge on any atom is -0.480 e. The van der Waals surface area contributed by atoms with Crippen LogP contribution in [0.3, 0.4) is 0 Å². The van der Waals surface area contributed by atoms with Gasteiger partial charge < -0.3 is 19.8 Å². The first kappa shape index (κ1) is 18.7. The minimum atomic E-state index is -1.02. The standard InChI is InChI=1S/C17H29N3O4/c1-14-17(24)19(13-16(22)23)11-12-20(14)15(21)7-10-18-8-5-3-2-4-6-9-18/h14H,2-13H2,1H3,(H,22,23)/t14-/m0/s1. The zero-order chi connectivity index (χ0) is 17.5. The quantitative estimate of drug-likeness (QED) is 0.801. The number of piperazine rings is 1. The highest BCUT2D eigenvalue weighted by molar-refractivity contribution is 5.90. The van der Waals surface area contributed by atoms with E-state index >= 15 is 0 Å². The molecular weight excluding hydrogens is 310 g/mol. The zero-order valence-corrected chi connectivity index (χ0v) is 14.6. The number of carboxylic acids is 1. The van der Waals surface area contributed by atoms with E-state index in [1.807, 2.05) is 0 Å². The van der Waals surface area contributed by atoms with Crippen LogP contribution >= 0.6 is 0 Å². The van der Waals surface area contributed by atoms with Crippen LogP contribution in [0.2, 0.25) is 0 Å². The van der Waals surface area contributed by atoms with Crippen LogP contribution in [-0.4, -0.2) is 82.9 Å². The monoisotopic (exact) mass is 339 g/mol. The third-order valence-electron chi connectivity index (χ3n) is 4.98. The van der Waals surface area contributed by atoms with Crippen LogP contribution in [0.1, 0.15) is 45.4 Å². The Morgan fingerprint density at radius 3 is 2.29 bits per heavy atom. The summed E-state index contributed by atoms with van der Waals surface area (Å²) in [6.45, 7) is 4.95. The molecule has 2 aliphatic heterocycles. The van der Waals surface area contributed by atoms with Crippen LogP contribution in [0.25, 0.3) is 0 Å². The third-order valence-corrected chi connectivity index (χ3v) is 4.98. The molecule has 0 aromatic heterocycles. The van der Waals surface area contributed by atoms with Crippen molar-refractivity contribution in [2.45, 2.75) is 51.5 Å².